The van der Waals surface area contributed by atoms with E-state index in [4.69, 9.17) is 4.74 Å². The van der Waals surface area contributed by atoms with E-state index in [0.29, 0.717) is 6.42 Å². The van der Waals surface area contributed by atoms with Gasteiger partial charge in [0.05, 0.1) is 23.6 Å². The lowest BCUT2D eigenvalue weighted by Crippen LogP contribution is -2.48. The molecule has 1 aliphatic carbocycles. The number of nitrogens with one attached hydrogen (secondary N) is 2. The van der Waals surface area contributed by atoms with Gasteiger partial charge in [-0.2, -0.15) is 5.10 Å². The summed E-state index contributed by atoms with van der Waals surface area (Å²) in [5.74, 6) is 2.03. The van der Waals surface area contributed by atoms with E-state index < -0.39 is 0 Å². The molecule has 1 aromatic heterocycles. The number of amides is 1. The molecular formula is C22H28N6O2. The van der Waals surface area contributed by atoms with Gasteiger partial charge in [-0.05, 0) is 44.0 Å². The predicted octanol–water partition coefficient (Wildman–Crippen LogP) is 2.56. The number of aromatic amines is 1. The lowest BCUT2D eigenvalue weighted by molar-refractivity contribution is -0.132. The van der Waals surface area contributed by atoms with Crippen molar-refractivity contribution in [2.24, 2.45) is 4.99 Å². The van der Waals surface area contributed by atoms with E-state index in [0.717, 1.165) is 67.2 Å². The maximum atomic E-state index is 11.9. The van der Waals surface area contributed by atoms with Crippen molar-refractivity contribution < 1.29 is 9.53 Å². The van der Waals surface area contributed by atoms with Gasteiger partial charge in [-0.1, -0.05) is 6.92 Å². The van der Waals surface area contributed by atoms with Crippen molar-refractivity contribution in [2.45, 2.75) is 44.8 Å². The molecule has 2 aromatic rings. The monoisotopic (exact) mass is 408 g/mol. The van der Waals surface area contributed by atoms with Crippen molar-refractivity contribution in [2.75, 3.05) is 26.2 Å². The third-order valence-corrected chi connectivity index (χ3v) is 6.20. The Bertz CT molecular complexity index is 1010. The van der Waals surface area contributed by atoms with Crippen molar-refractivity contribution in [3.8, 4) is 5.75 Å². The van der Waals surface area contributed by atoms with Gasteiger partial charge in [-0.3, -0.25) is 9.89 Å². The summed E-state index contributed by atoms with van der Waals surface area (Å²) in [5.41, 5.74) is 1.91. The summed E-state index contributed by atoms with van der Waals surface area (Å²) >= 11 is 0. The second-order valence-electron chi connectivity index (χ2n) is 8.52. The lowest BCUT2D eigenvalue weighted by atomic mass is 10.1. The molecule has 30 heavy (non-hydrogen) atoms. The summed E-state index contributed by atoms with van der Waals surface area (Å²) in [6.45, 7) is 7.12. The number of aliphatic imine (C=N–C) groups is 1. The summed E-state index contributed by atoms with van der Waals surface area (Å²) in [6, 6.07) is 6.03. The molecule has 5 rings (SSSR count). The van der Waals surface area contributed by atoms with Gasteiger partial charge in [-0.25, -0.2) is 4.99 Å². The average molecular weight is 409 g/mol. The Morgan fingerprint density at radius 2 is 2.07 bits per heavy atom. The highest BCUT2D eigenvalue weighted by atomic mass is 16.5. The molecule has 1 saturated carbocycles. The number of fused-ring (bicyclic) bond motifs is 1. The molecule has 8 heteroatoms. The Labute approximate surface area is 176 Å². The van der Waals surface area contributed by atoms with Crippen LogP contribution in [0.1, 0.15) is 44.8 Å². The minimum Gasteiger partial charge on any atom is -0.488 e. The largest absolute Gasteiger partial charge is 0.488 e. The number of carbonyl (C=O) groups excluding carboxylic acids is 1. The van der Waals surface area contributed by atoms with Crippen LogP contribution in [0.3, 0.4) is 0 Å². The summed E-state index contributed by atoms with van der Waals surface area (Å²) in [5, 5.41) is 12.1. The molecule has 0 radical (unpaired) electrons. The quantitative estimate of drug-likeness (QED) is 0.794. The first-order valence-electron chi connectivity index (χ1n) is 10.7. The van der Waals surface area contributed by atoms with E-state index in [1.54, 1.807) is 6.34 Å². The molecule has 1 aromatic carbocycles. The third kappa shape index (κ3) is 3.62. The molecule has 0 bridgehead atoms. The van der Waals surface area contributed by atoms with Crippen molar-refractivity contribution in [1.82, 2.24) is 25.3 Å². The fourth-order valence-corrected chi connectivity index (χ4v) is 4.05. The number of hydrogen-bond donors (Lipinski definition) is 2. The second-order valence-corrected chi connectivity index (χ2v) is 8.52. The number of rotatable bonds is 5. The van der Waals surface area contributed by atoms with Gasteiger partial charge in [0.2, 0.25) is 5.91 Å². The molecule has 158 valence electrons. The topological polar surface area (TPSA) is 85.9 Å². The van der Waals surface area contributed by atoms with E-state index in [1.807, 2.05) is 24.0 Å². The first-order chi connectivity index (χ1) is 14.5. The summed E-state index contributed by atoms with van der Waals surface area (Å²) in [7, 11) is 0. The first-order valence-corrected chi connectivity index (χ1v) is 10.7. The Kier molecular flexibility index (Phi) is 4.64. The molecule has 1 atom stereocenters. The Balaban J connectivity index is 1.35. The minimum absolute atomic E-state index is 0.0122. The van der Waals surface area contributed by atoms with Gasteiger partial charge in [0.1, 0.15) is 17.2 Å². The molecule has 1 saturated heterocycles. The second kappa shape index (κ2) is 7.34. The summed E-state index contributed by atoms with van der Waals surface area (Å²) in [6.07, 6.45) is 6.63. The van der Waals surface area contributed by atoms with E-state index in [9.17, 15) is 4.79 Å². The number of nitrogens with zero attached hydrogens (tertiary/aromatic N) is 4. The number of benzene rings is 1. The van der Waals surface area contributed by atoms with Crippen molar-refractivity contribution in [3.05, 3.63) is 35.8 Å². The Morgan fingerprint density at radius 1 is 1.27 bits per heavy atom. The highest BCUT2D eigenvalue weighted by Crippen LogP contribution is 2.40. The van der Waals surface area contributed by atoms with Gasteiger partial charge < -0.3 is 19.9 Å². The molecule has 1 unspecified atom stereocenters. The van der Waals surface area contributed by atoms with Crippen molar-refractivity contribution >= 4 is 23.1 Å². The molecule has 3 heterocycles. The molecule has 2 N–H and O–H groups in total. The SMILES string of the molecule is CCC(=O)N1CCN(C2=CC(c3n[nH]c4ccc(OC5(C)CC5)cc34)NC=N2)CC1. The average Bonchev–Trinajstić information content (AvgIpc) is 3.35. The highest BCUT2D eigenvalue weighted by molar-refractivity contribution is 5.84. The molecule has 8 nitrogen and oxygen atoms in total. The van der Waals surface area contributed by atoms with Gasteiger partial charge in [0.25, 0.3) is 0 Å². The van der Waals surface area contributed by atoms with Crippen LogP contribution in [0.5, 0.6) is 5.75 Å². The lowest BCUT2D eigenvalue weighted by Gasteiger charge is -2.37. The molecule has 0 spiro atoms. The van der Waals surface area contributed by atoms with Crippen LogP contribution in [0.4, 0.5) is 0 Å². The maximum absolute atomic E-state index is 11.9. The van der Waals surface area contributed by atoms with Crippen LogP contribution in [-0.2, 0) is 4.79 Å². The minimum atomic E-state index is -0.0756. The van der Waals surface area contributed by atoms with Crippen LogP contribution in [0.2, 0.25) is 0 Å². The normalized spacial score (nSPS) is 22.6. The summed E-state index contributed by atoms with van der Waals surface area (Å²) < 4.78 is 6.14. The number of H-pyrrole nitrogens is 1. The van der Waals surface area contributed by atoms with Crippen LogP contribution >= 0.6 is 0 Å². The van der Waals surface area contributed by atoms with E-state index in [-0.39, 0.29) is 17.6 Å². The van der Waals surface area contributed by atoms with Gasteiger partial charge in [0.15, 0.2) is 0 Å². The zero-order valence-corrected chi connectivity index (χ0v) is 17.5. The van der Waals surface area contributed by atoms with Crippen LogP contribution in [0.15, 0.2) is 35.1 Å². The van der Waals surface area contributed by atoms with Crippen LogP contribution in [-0.4, -0.2) is 64.0 Å². The number of ether oxygens (including phenoxy) is 1. The highest BCUT2D eigenvalue weighted by Gasteiger charge is 2.40. The van der Waals surface area contributed by atoms with Gasteiger partial charge in [-0.15, -0.1) is 0 Å². The molecule has 2 fully saturated rings. The number of piperazine rings is 1. The zero-order chi connectivity index (χ0) is 20.7. The van der Waals surface area contributed by atoms with E-state index >= 15 is 0 Å². The van der Waals surface area contributed by atoms with E-state index in [1.165, 1.54) is 0 Å². The molecular weight excluding hydrogens is 380 g/mol. The summed E-state index contributed by atoms with van der Waals surface area (Å²) in [4.78, 5) is 20.6. The number of hydrogen-bond acceptors (Lipinski definition) is 6. The smallest absolute Gasteiger partial charge is 0.222 e. The predicted molar refractivity (Wildman–Crippen MR) is 115 cm³/mol. The zero-order valence-electron chi connectivity index (χ0n) is 17.5. The van der Waals surface area contributed by atoms with Gasteiger partial charge in [0, 0.05) is 38.0 Å². The van der Waals surface area contributed by atoms with Gasteiger partial charge >= 0.3 is 0 Å². The van der Waals surface area contributed by atoms with Crippen molar-refractivity contribution in [1.29, 1.82) is 0 Å². The Morgan fingerprint density at radius 3 is 2.80 bits per heavy atom. The maximum Gasteiger partial charge on any atom is 0.222 e. The van der Waals surface area contributed by atoms with E-state index in [2.05, 4.69) is 44.5 Å². The first kappa shape index (κ1) is 19.0. The third-order valence-electron chi connectivity index (χ3n) is 6.20. The standard InChI is InChI=1S/C22H28N6O2/c1-3-20(29)28-10-8-27(9-11-28)19-13-18(23-14-24-19)21-16-12-15(30-22(2)6-7-22)4-5-17(16)25-26-21/h4-5,12-14,18H,3,6-11H2,1-2H3,(H,23,24)(H,25,26). The number of aromatic nitrogens is 2. The molecule has 1 amide bonds. The molecule has 3 aliphatic rings. The van der Waals surface area contributed by atoms with Crippen LogP contribution in [0.25, 0.3) is 10.9 Å². The fourth-order valence-electron chi connectivity index (χ4n) is 4.05. The van der Waals surface area contributed by atoms with Crippen LogP contribution < -0.4 is 10.1 Å². The number of carbonyl (C=O) groups is 1. The van der Waals surface area contributed by atoms with Crippen LogP contribution in [0, 0.1) is 0 Å². The molecule has 2 aliphatic heterocycles. The fraction of sp³-hybridized carbons (Fsp3) is 0.500. The Hall–Kier alpha value is -3.03. The van der Waals surface area contributed by atoms with Crippen molar-refractivity contribution in [3.63, 3.8) is 0 Å².